The highest BCUT2D eigenvalue weighted by Crippen LogP contribution is 2.45. The molecule has 246 valence electrons. The van der Waals surface area contributed by atoms with Crippen LogP contribution in [0.5, 0.6) is 0 Å². The van der Waals surface area contributed by atoms with Crippen molar-refractivity contribution in [2.45, 2.75) is 102 Å². The Morgan fingerprint density at radius 1 is 1.17 bits per heavy atom. The third kappa shape index (κ3) is 7.08. The number of nitriles is 1. The highest BCUT2D eigenvalue weighted by atomic mass is 19.1. The third-order valence-electron chi connectivity index (χ3n) is 8.90. The molecular weight excluding hydrogens is 599 g/mol. The molecule has 1 saturated heterocycles. The Balaban J connectivity index is 1.38. The molecule has 3 N–H and O–H groups in total. The van der Waals surface area contributed by atoms with Gasteiger partial charge in [0.25, 0.3) is 5.91 Å². The van der Waals surface area contributed by atoms with Gasteiger partial charge in [-0.2, -0.15) is 5.26 Å². The van der Waals surface area contributed by atoms with Crippen molar-refractivity contribution in [3.8, 4) is 6.19 Å². The summed E-state index contributed by atoms with van der Waals surface area (Å²) in [5.41, 5.74) is -0.289. The van der Waals surface area contributed by atoms with Gasteiger partial charge in [-0.3, -0.25) is 24.6 Å². The number of halogens is 1. The van der Waals surface area contributed by atoms with Gasteiger partial charge in [0.05, 0.1) is 19.2 Å². The summed E-state index contributed by atoms with van der Waals surface area (Å²) in [7, 11) is 0. The molecule has 3 heterocycles. The van der Waals surface area contributed by atoms with Gasteiger partial charge in [-0.15, -0.1) is 0 Å². The summed E-state index contributed by atoms with van der Waals surface area (Å²) in [6.07, 6.45) is 6.01. The van der Waals surface area contributed by atoms with E-state index in [9.17, 15) is 28.4 Å². The number of allylic oxidation sites excluding steroid dienone is 1. The first-order valence-corrected chi connectivity index (χ1v) is 15.7. The van der Waals surface area contributed by atoms with Crippen LogP contribution < -0.4 is 16.0 Å². The maximum Gasteiger partial charge on any atom is 0.410 e. The van der Waals surface area contributed by atoms with Gasteiger partial charge in [0.1, 0.15) is 29.5 Å². The lowest BCUT2D eigenvalue weighted by atomic mass is 10.0. The lowest BCUT2D eigenvalue weighted by Gasteiger charge is -2.29. The van der Waals surface area contributed by atoms with E-state index in [1.165, 1.54) is 15.9 Å². The minimum absolute atomic E-state index is 0.0233. The molecule has 5 amide bonds. The van der Waals surface area contributed by atoms with Crippen LogP contribution in [0, 0.1) is 23.2 Å². The average Bonchev–Trinajstić information content (AvgIpc) is 3.31. The number of alkyl carbamates (subject to hydrolysis) is 1. The molecule has 1 aromatic carbocycles. The number of nitrogens with zero attached hydrogens (tertiary/aromatic N) is 3. The first kappa shape index (κ1) is 32.7. The lowest BCUT2D eigenvalue weighted by molar-refractivity contribution is -0.141. The zero-order valence-electron chi connectivity index (χ0n) is 25.9. The van der Waals surface area contributed by atoms with Crippen LogP contribution >= 0.6 is 0 Å². The Hall–Kier alpha value is -4.67. The van der Waals surface area contributed by atoms with E-state index in [-0.39, 0.29) is 38.4 Å². The minimum Gasteiger partial charge on any atom is -0.447 e. The van der Waals surface area contributed by atoms with Gasteiger partial charge in [-0.05, 0) is 51.2 Å². The maximum absolute atomic E-state index is 14.3. The van der Waals surface area contributed by atoms with Crippen LogP contribution in [0.4, 0.5) is 14.0 Å². The van der Waals surface area contributed by atoms with E-state index in [2.05, 4.69) is 16.0 Å². The molecule has 4 aliphatic rings. The number of ether oxygens (including phenoxy) is 2. The second-order valence-corrected chi connectivity index (χ2v) is 12.5. The van der Waals surface area contributed by atoms with Crippen LogP contribution in [0.3, 0.4) is 0 Å². The molecule has 1 aromatic rings. The van der Waals surface area contributed by atoms with E-state index in [1.54, 1.807) is 32.2 Å². The number of hydrogen-bond acceptors (Lipinski definition) is 8. The van der Waals surface area contributed by atoms with Crippen molar-refractivity contribution in [1.29, 1.82) is 5.26 Å². The van der Waals surface area contributed by atoms with Gasteiger partial charge >= 0.3 is 12.2 Å². The zero-order valence-corrected chi connectivity index (χ0v) is 25.9. The van der Waals surface area contributed by atoms with Crippen molar-refractivity contribution >= 4 is 29.9 Å². The van der Waals surface area contributed by atoms with Crippen LogP contribution in [0.15, 0.2) is 30.4 Å². The molecule has 0 spiro atoms. The van der Waals surface area contributed by atoms with Crippen molar-refractivity contribution in [3.05, 3.63) is 47.3 Å². The van der Waals surface area contributed by atoms with Crippen LogP contribution in [0.1, 0.15) is 69.9 Å². The highest BCUT2D eigenvalue weighted by Gasteiger charge is 2.61. The van der Waals surface area contributed by atoms with E-state index >= 15 is 0 Å². The second kappa shape index (κ2) is 13.8. The zero-order chi connectivity index (χ0) is 33.0. The SMILES string of the molecule is CC(C)OC(=O)N[C@H]1CCCCCC=C[C@@H]2C[C@@]2(C(=O)NC#N)NC(=O)C2C[C@@H](OC(=O)N3Cc4cccc(F)c4C3)CN2C1=O. The topological polar surface area (TPSA) is 170 Å². The minimum atomic E-state index is -1.36. The third-order valence-corrected chi connectivity index (χ3v) is 8.90. The maximum atomic E-state index is 14.3. The predicted octanol–water partition coefficient (Wildman–Crippen LogP) is 2.74. The molecule has 46 heavy (non-hydrogen) atoms. The van der Waals surface area contributed by atoms with Gasteiger partial charge in [0, 0.05) is 24.4 Å². The molecule has 3 aliphatic heterocycles. The fourth-order valence-electron chi connectivity index (χ4n) is 6.45. The van der Waals surface area contributed by atoms with E-state index in [0.29, 0.717) is 24.0 Å². The van der Waals surface area contributed by atoms with Crippen molar-refractivity contribution in [2.24, 2.45) is 5.92 Å². The first-order valence-electron chi connectivity index (χ1n) is 15.7. The molecular formula is C32H39FN6O7. The Labute approximate surface area is 266 Å². The van der Waals surface area contributed by atoms with E-state index in [4.69, 9.17) is 14.7 Å². The Morgan fingerprint density at radius 2 is 1.98 bits per heavy atom. The van der Waals surface area contributed by atoms with E-state index in [1.807, 2.05) is 12.2 Å². The number of carbonyl (C=O) groups is 5. The summed E-state index contributed by atoms with van der Waals surface area (Å²) in [6.45, 7) is 3.40. The largest absolute Gasteiger partial charge is 0.447 e. The fourth-order valence-corrected chi connectivity index (χ4v) is 6.45. The number of hydrogen-bond donors (Lipinski definition) is 3. The Kier molecular flexibility index (Phi) is 9.79. The van der Waals surface area contributed by atoms with E-state index in [0.717, 1.165) is 19.3 Å². The van der Waals surface area contributed by atoms with Crippen LogP contribution in [0.2, 0.25) is 0 Å². The average molecular weight is 639 g/mol. The Morgan fingerprint density at radius 3 is 2.72 bits per heavy atom. The molecule has 13 nitrogen and oxygen atoms in total. The van der Waals surface area contributed by atoms with Gasteiger partial charge in [-0.1, -0.05) is 37.1 Å². The van der Waals surface area contributed by atoms with E-state index < -0.39 is 65.6 Å². The molecule has 5 atom stereocenters. The van der Waals surface area contributed by atoms with Gasteiger partial charge in [-0.25, -0.2) is 14.0 Å². The smallest absolute Gasteiger partial charge is 0.410 e. The summed E-state index contributed by atoms with van der Waals surface area (Å²) in [6, 6.07) is 2.46. The number of carbonyl (C=O) groups excluding carboxylic acids is 5. The summed E-state index contributed by atoms with van der Waals surface area (Å²) in [5, 5.41) is 16.7. The molecule has 1 unspecified atom stereocenters. The van der Waals surface area contributed by atoms with Crippen LogP contribution in [0.25, 0.3) is 0 Å². The number of amides is 5. The molecule has 1 aliphatic carbocycles. The van der Waals surface area contributed by atoms with Crippen LogP contribution in [-0.4, -0.2) is 76.1 Å². The predicted molar refractivity (Wildman–Crippen MR) is 160 cm³/mol. The normalized spacial score (nSPS) is 27.6. The number of benzene rings is 1. The van der Waals surface area contributed by atoms with Gasteiger partial charge in [0.15, 0.2) is 6.19 Å². The summed E-state index contributed by atoms with van der Waals surface area (Å²) < 4.78 is 25.3. The van der Waals surface area contributed by atoms with Gasteiger partial charge < -0.3 is 25.0 Å². The molecule has 0 bridgehead atoms. The number of fused-ring (bicyclic) bond motifs is 3. The number of rotatable bonds is 4. The van der Waals surface area contributed by atoms with Crippen molar-refractivity contribution in [1.82, 2.24) is 25.8 Å². The molecule has 2 fully saturated rings. The fraction of sp³-hybridized carbons (Fsp3) is 0.562. The van der Waals surface area contributed by atoms with Crippen molar-refractivity contribution < 1.29 is 37.8 Å². The quantitative estimate of drug-likeness (QED) is 0.257. The second-order valence-electron chi connectivity index (χ2n) is 12.5. The standard InChI is InChI=1S/C32H39FN6O7/c1-19(2)45-30(43)36-25-12-7-5-3-4-6-10-21-14-32(21,29(42)35-18-34)37-27(40)26-13-22(16-39(26)28(25)41)46-31(44)38-15-20-9-8-11-24(33)23(20)17-38/h6,8-11,19,21-22,25-26H,3-5,7,12-17H2,1-2H3,(H,35,42)(H,36,43)(H,37,40)/t21-,22-,25+,26?,32-/m1/s1. The molecule has 14 heteroatoms. The Bertz CT molecular complexity index is 1460. The monoisotopic (exact) mass is 638 g/mol. The molecule has 0 radical (unpaired) electrons. The van der Waals surface area contributed by atoms with Crippen molar-refractivity contribution in [3.63, 3.8) is 0 Å². The van der Waals surface area contributed by atoms with Crippen LogP contribution in [-0.2, 0) is 36.9 Å². The molecule has 1 saturated carbocycles. The number of nitrogens with one attached hydrogen (secondary N) is 3. The molecule has 5 rings (SSSR count). The molecule has 0 aromatic heterocycles. The van der Waals surface area contributed by atoms with Crippen molar-refractivity contribution in [2.75, 3.05) is 6.54 Å². The summed E-state index contributed by atoms with van der Waals surface area (Å²) in [4.78, 5) is 69.3. The first-order chi connectivity index (χ1) is 22.0. The lowest BCUT2D eigenvalue weighted by Crippen LogP contribution is -2.57. The highest BCUT2D eigenvalue weighted by molar-refractivity contribution is 5.98. The summed E-state index contributed by atoms with van der Waals surface area (Å²) >= 11 is 0. The summed E-state index contributed by atoms with van der Waals surface area (Å²) in [5.74, 6) is -2.61. The van der Waals surface area contributed by atoms with Gasteiger partial charge in [0.2, 0.25) is 11.8 Å².